The topological polar surface area (TPSA) is 139 Å². The average Bonchev–Trinajstić information content (AvgIpc) is 2.52. The molecule has 1 amide bonds. The van der Waals surface area contributed by atoms with E-state index in [0.717, 1.165) is 38.7 Å². The lowest BCUT2D eigenvalue weighted by Crippen LogP contribution is -2.39. The number of hydrogen-bond donors (Lipinski definition) is 3. The van der Waals surface area contributed by atoms with Gasteiger partial charge in [0.25, 0.3) is 0 Å². The molecule has 114 valence electrons. The lowest BCUT2D eigenvalue weighted by molar-refractivity contribution is -0.383. The Bertz CT molecular complexity index is 531. The molecule has 1 aromatic rings. The number of carbonyl (C=O) groups excluding carboxylic acids is 1. The van der Waals surface area contributed by atoms with Crippen LogP contribution in [0.5, 0.6) is 0 Å². The van der Waals surface area contributed by atoms with E-state index in [1.807, 2.05) is 0 Å². The normalized spacial score (nSPS) is 14.6. The number of nitrogens with two attached hydrogens (primary N) is 1. The summed E-state index contributed by atoms with van der Waals surface area (Å²) in [6, 6.07) is 0. The van der Waals surface area contributed by atoms with Gasteiger partial charge in [-0.15, -0.1) is 0 Å². The van der Waals surface area contributed by atoms with Gasteiger partial charge in [0.2, 0.25) is 17.5 Å². The number of piperidine rings is 1. The molecule has 2 heterocycles. The van der Waals surface area contributed by atoms with E-state index in [0.29, 0.717) is 0 Å². The average molecular weight is 295 g/mol. The summed E-state index contributed by atoms with van der Waals surface area (Å²) >= 11 is 0. The summed E-state index contributed by atoms with van der Waals surface area (Å²) < 4.78 is 0. The zero-order valence-electron chi connectivity index (χ0n) is 11.4. The number of hydrogen-bond acceptors (Lipinski definition) is 8. The number of likely N-dealkylation sites (tertiary alicyclic amines) is 1. The SMILES string of the molecule is NNc1ncnc(NCC(=O)N2CCCCC2)c1[N+](=O)[O-]. The number of nitrogen functional groups attached to an aromatic ring is 1. The highest BCUT2D eigenvalue weighted by Crippen LogP contribution is 2.27. The molecular weight excluding hydrogens is 278 g/mol. The van der Waals surface area contributed by atoms with Gasteiger partial charge in [0.1, 0.15) is 6.33 Å². The molecule has 0 unspecified atom stereocenters. The van der Waals surface area contributed by atoms with Gasteiger partial charge in [-0.3, -0.25) is 14.9 Å². The maximum absolute atomic E-state index is 12.0. The smallest absolute Gasteiger partial charge is 0.354 e. The Hall–Kier alpha value is -2.49. The molecule has 21 heavy (non-hydrogen) atoms. The zero-order valence-corrected chi connectivity index (χ0v) is 11.4. The van der Waals surface area contributed by atoms with E-state index in [-0.39, 0.29) is 29.8 Å². The van der Waals surface area contributed by atoms with Crippen LogP contribution in [0, 0.1) is 10.1 Å². The lowest BCUT2D eigenvalue weighted by atomic mass is 10.1. The number of nitrogens with zero attached hydrogens (tertiary/aromatic N) is 4. The molecule has 0 saturated carbocycles. The molecule has 0 spiro atoms. The molecule has 10 heteroatoms. The predicted octanol–water partition coefficient (Wildman–Crippen LogP) is 0.0948. The third kappa shape index (κ3) is 3.54. The van der Waals surface area contributed by atoms with E-state index in [2.05, 4.69) is 20.7 Å². The number of nitro groups is 1. The number of anilines is 2. The molecule has 1 aliphatic rings. The van der Waals surface area contributed by atoms with Crippen LogP contribution in [0.3, 0.4) is 0 Å². The Balaban J connectivity index is 2.05. The fourth-order valence-corrected chi connectivity index (χ4v) is 2.20. The van der Waals surface area contributed by atoms with Crippen molar-refractivity contribution >= 4 is 23.2 Å². The molecular formula is C11H17N7O3. The number of nitrogens with one attached hydrogen (secondary N) is 2. The maximum Gasteiger partial charge on any atom is 0.354 e. The first-order chi connectivity index (χ1) is 10.1. The zero-order chi connectivity index (χ0) is 15.2. The summed E-state index contributed by atoms with van der Waals surface area (Å²) in [5.74, 6) is 4.93. The van der Waals surface area contributed by atoms with Crippen molar-refractivity contribution in [2.24, 2.45) is 5.84 Å². The van der Waals surface area contributed by atoms with Crippen LogP contribution in [0.2, 0.25) is 0 Å². The van der Waals surface area contributed by atoms with Gasteiger partial charge >= 0.3 is 5.69 Å². The molecule has 4 N–H and O–H groups in total. The van der Waals surface area contributed by atoms with Crippen molar-refractivity contribution in [3.05, 3.63) is 16.4 Å². The second kappa shape index (κ2) is 6.79. The van der Waals surface area contributed by atoms with E-state index >= 15 is 0 Å². The van der Waals surface area contributed by atoms with Crippen LogP contribution >= 0.6 is 0 Å². The second-order valence-corrected chi connectivity index (χ2v) is 4.62. The molecule has 2 rings (SSSR count). The highest BCUT2D eigenvalue weighted by atomic mass is 16.6. The second-order valence-electron chi connectivity index (χ2n) is 4.62. The summed E-state index contributed by atoms with van der Waals surface area (Å²) in [7, 11) is 0. The molecule has 0 aliphatic carbocycles. The molecule has 1 aromatic heterocycles. The third-order valence-corrected chi connectivity index (χ3v) is 3.26. The van der Waals surface area contributed by atoms with Crippen LogP contribution in [0.1, 0.15) is 19.3 Å². The van der Waals surface area contributed by atoms with Gasteiger partial charge in [-0.05, 0) is 19.3 Å². The standard InChI is InChI=1S/C11H17N7O3/c12-16-11-9(18(20)21)10(14-7-15-11)13-6-8(19)17-4-2-1-3-5-17/h7H,1-6,12H2,(H2,13,14,15,16). The van der Waals surface area contributed by atoms with Gasteiger partial charge in [-0.2, -0.15) is 0 Å². The molecule has 1 fully saturated rings. The highest BCUT2D eigenvalue weighted by molar-refractivity contribution is 5.82. The van der Waals surface area contributed by atoms with E-state index in [1.54, 1.807) is 4.90 Å². The first-order valence-electron chi connectivity index (χ1n) is 6.61. The molecule has 1 saturated heterocycles. The van der Waals surface area contributed by atoms with Crippen LogP contribution in [0.25, 0.3) is 0 Å². The van der Waals surface area contributed by atoms with E-state index in [9.17, 15) is 14.9 Å². The van der Waals surface area contributed by atoms with Crippen LogP contribution in [0.4, 0.5) is 17.3 Å². The van der Waals surface area contributed by atoms with Crippen LogP contribution < -0.4 is 16.6 Å². The molecule has 0 radical (unpaired) electrons. The van der Waals surface area contributed by atoms with Gasteiger partial charge in [-0.1, -0.05) is 0 Å². The summed E-state index contributed by atoms with van der Waals surface area (Å²) in [6.45, 7) is 1.39. The number of rotatable bonds is 5. The van der Waals surface area contributed by atoms with Crippen molar-refractivity contribution < 1.29 is 9.72 Å². The fraction of sp³-hybridized carbons (Fsp3) is 0.545. The molecule has 0 aromatic carbocycles. The van der Waals surface area contributed by atoms with Crippen LogP contribution in [0.15, 0.2) is 6.33 Å². The van der Waals surface area contributed by atoms with Crippen molar-refractivity contribution in [2.45, 2.75) is 19.3 Å². The van der Waals surface area contributed by atoms with Gasteiger partial charge < -0.3 is 15.6 Å². The Labute approximate surface area is 120 Å². The summed E-state index contributed by atoms with van der Waals surface area (Å²) in [5.41, 5.74) is 1.76. The Kier molecular flexibility index (Phi) is 4.82. The van der Waals surface area contributed by atoms with Crippen molar-refractivity contribution in [2.75, 3.05) is 30.4 Å². The van der Waals surface area contributed by atoms with Crippen LogP contribution in [-0.4, -0.2) is 45.3 Å². The minimum Gasteiger partial charge on any atom is -0.355 e. The van der Waals surface area contributed by atoms with Gasteiger partial charge in [0, 0.05) is 13.1 Å². The maximum atomic E-state index is 12.0. The Morgan fingerprint density at radius 1 is 1.33 bits per heavy atom. The third-order valence-electron chi connectivity index (χ3n) is 3.26. The highest BCUT2D eigenvalue weighted by Gasteiger charge is 2.23. The Morgan fingerprint density at radius 3 is 2.62 bits per heavy atom. The monoisotopic (exact) mass is 295 g/mol. The lowest BCUT2D eigenvalue weighted by Gasteiger charge is -2.26. The fourth-order valence-electron chi connectivity index (χ4n) is 2.20. The molecule has 10 nitrogen and oxygen atoms in total. The number of hydrazine groups is 1. The molecule has 0 bridgehead atoms. The largest absolute Gasteiger partial charge is 0.355 e. The molecule has 1 aliphatic heterocycles. The summed E-state index contributed by atoms with van der Waals surface area (Å²) in [5, 5.41) is 13.7. The minimum absolute atomic E-state index is 0.0340. The summed E-state index contributed by atoms with van der Waals surface area (Å²) in [4.78, 5) is 31.6. The van der Waals surface area contributed by atoms with Crippen molar-refractivity contribution in [3.63, 3.8) is 0 Å². The van der Waals surface area contributed by atoms with Crippen molar-refractivity contribution in [1.82, 2.24) is 14.9 Å². The van der Waals surface area contributed by atoms with Gasteiger partial charge in [0.15, 0.2) is 0 Å². The minimum atomic E-state index is -0.650. The number of aromatic nitrogens is 2. The van der Waals surface area contributed by atoms with Crippen molar-refractivity contribution in [1.29, 1.82) is 0 Å². The Morgan fingerprint density at radius 2 is 2.00 bits per heavy atom. The van der Waals surface area contributed by atoms with Crippen LogP contribution in [-0.2, 0) is 4.79 Å². The summed E-state index contributed by atoms with van der Waals surface area (Å²) in [6.07, 6.45) is 4.23. The first kappa shape index (κ1) is 14.9. The van der Waals surface area contributed by atoms with Gasteiger partial charge in [0.05, 0.1) is 11.5 Å². The van der Waals surface area contributed by atoms with E-state index in [1.165, 1.54) is 0 Å². The first-order valence-corrected chi connectivity index (χ1v) is 6.61. The van der Waals surface area contributed by atoms with Crippen molar-refractivity contribution in [3.8, 4) is 0 Å². The van der Waals surface area contributed by atoms with E-state index < -0.39 is 4.92 Å². The van der Waals surface area contributed by atoms with E-state index in [4.69, 9.17) is 5.84 Å². The molecule has 0 atom stereocenters. The quantitative estimate of drug-likeness (QED) is 0.394. The predicted molar refractivity (Wildman–Crippen MR) is 75.4 cm³/mol. The van der Waals surface area contributed by atoms with Gasteiger partial charge in [-0.25, -0.2) is 15.8 Å². The number of amides is 1. The number of carbonyl (C=O) groups is 1.